The van der Waals surface area contributed by atoms with Gasteiger partial charge in [-0.2, -0.15) is 0 Å². The third-order valence-electron chi connectivity index (χ3n) is 6.00. The molecule has 2 aliphatic rings. The average Bonchev–Trinajstić information content (AvgIpc) is 2.80. The van der Waals surface area contributed by atoms with Crippen LogP contribution in [-0.4, -0.2) is 47.6 Å². The summed E-state index contributed by atoms with van der Waals surface area (Å²) in [4.78, 5) is 16.6. The summed E-state index contributed by atoms with van der Waals surface area (Å²) < 4.78 is 13.2. The first-order chi connectivity index (χ1) is 14.7. The second-order valence-corrected chi connectivity index (χ2v) is 8.04. The number of halogens is 1. The van der Waals surface area contributed by atoms with Gasteiger partial charge in [-0.15, -0.1) is 0 Å². The van der Waals surface area contributed by atoms with Crippen LogP contribution >= 0.6 is 0 Å². The summed E-state index contributed by atoms with van der Waals surface area (Å²) in [6.07, 6.45) is 2.98. The normalized spacial score (nSPS) is 17.1. The molecule has 0 saturated carbocycles. The number of benzene rings is 2. The van der Waals surface area contributed by atoms with E-state index in [0.717, 1.165) is 63.9 Å². The van der Waals surface area contributed by atoms with Crippen LogP contribution in [0.2, 0.25) is 0 Å². The zero-order valence-electron chi connectivity index (χ0n) is 17.0. The first-order valence-electron chi connectivity index (χ1n) is 10.6. The molecule has 0 N–H and O–H groups in total. The minimum atomic E-state index is -0.192. The van der Waals surface area contributed by atoms with Gasteiger partial charge in [-0.25, -0.2) is 14.4 Å². The number of rotatable bonds is 4. The lowest BCUT2D eigenvalue weighted by Crippen LogP contribution is -2.47. The van der Waals surface area contributed by atoms with Crippen molar-refractivity contribution >= 4 is 11.6 Å². The first-order valence-corrected chi connectivity index (χ1v) is 10.6. The molecular weight excluding hydrogens is 377 g/mol. The highest BCUT2D eigenvalue weighted by Crippen LogP contribution is 2.23. The van der Waals surface area contributed by atoms with Crippen molar-refractivity contribution in [3.63, 3.8) is 0 Å². The molecule has 1 aromatic heterocycles. The molecule has 0 aliphatic carbocycles. The molecule has 154 valence electrons. The van der Waals surface area contributed by atoms with Gasteiger partial charge in [0.15, 0.2) is 0 Å². The molecule has 3 aromatic rings. The van der Waals surface area contributed by atoms with Crippen molar-refractivity contribution in [2.24, 2.45) is 0 Å². The molecule has 2 aliphatic heterocycles. The molecule has 5 rings (SSSR count). The van der Waals surface area contributed by atoms with Gasteiger partial charge in [0.05, 0.1) is 5.69 Å². The maximum absolute atomic E-state index is 13.2. The molecule has 2 aromatic carbocycles. The maximum atomic E-state index is 13.2. The van der Waals surface area contributed by atoms with Gasteiger partial charge in [0.2, 0.25) is 5.95 Å². The van der Waals surface area contributed by atoms with E-state index in [1.165, 1.54) is 29.0 Å². The van der Waals surface area contributed by atoms with Crippen LogP contribution in [0.3, 0.4) is 0 Å². The summed E-state index contributed by atoms with van der Waals surface area (Å²) in [7, 11) is 0. The summed E-state index contributed by atoms with van der Waals surface area (Å²) in [5.74, 6) is 0.645. The van der Waals surface area contributed by atoms with Crippen molar-refractivity contribution in [3.05, 3.63) is 83.4 Å². The van der Waals surface area contributed by atoms with E-state index in [9.17, 15) is 4.39 Å². The number of anilines is 2. The molecule has 0 unspecified atom stereocenters. The Morgan fingerprint density at radius 2 is 1.57 bits per heavy atom. The molecule has 0 radical (unpaired) electrons. The zero-order valence-corrected chi connectivity index (χ0v) is 17.0. The smallest absolute Gasteiger partial charge is 0.225 e. The molecule has 6 heteroatoms. The van der Waals surface area contributed by atoms with Gasteiger partial charge >= 0.3 is 0 Å². The van der Waals surface area contributed by atoms with E-state index in [4.69, 9.17) is 4.98 Å². The fourth-order valence-corrected chi connectivity index (χ4v) is 4.31. The number of piperazine rings is 1. The Labute approximate surface area is 176 Å². The Hall–Kier alpha value is -2.99. The van der Waals surface area contributed by atoms with Crippen LogP contribution in [0.15, 0.2) is 60.8 Å². The van der Waals surface area contributed by atoms with Gasteiger partial charge in [-0.05, 0) is 29.8 Å². The van der Waals surface area contributed by atoms with Gasteiger partial charge in [-0.1, -0.05) is 30.3 Å². The predicted molar refractivity (Wildman–Crippen MR) is 117 cm³/mol. The van der Waals surface area contributed by atoms with Crippen molar-refractivity contribution in [3.8, 4) is 0 Å². The largest absolute Gasteiger partial charge is 0.368 e. The number of fused-ring (bicyclic) bond motifs is 1. The molecule has 1 saturated heterocycles. The lowest BCUT2D eigenvalue weighted by molar-refractivity contribution is 0.243. The van der Waals surface area contributed by atoms with E-state index < -0.39 is 0 Å². The van der Waals surface area contributed by atoms with E-state index in [2.05, 4.69) is 50.0 Å². The van der Waals surface area contributed by atoms with Gasteiger partial charge in [0.1, 0.15) is 5.82 Å². The van der Waals surface area contributed by atoms with Crippen molar-refractivity contribution in [1.82, 2.24) is 14.9 Å². The highest BCUT2D eigenvalue weighted by atomic mass is 19.1. The van der Waals surface area contributed by atoms with Crippen LogP contribution in [0.5, 0.6) is 0 Å². The Morgan fingerprint density at radius 3 is 2.33 bits per heavy atom. The average molecular weight is 404 g/mol. The van der Waals surface area contributed by atoms with Crippen LogP contribution in [0.1, 0.15) is 16.8 Å². The highest BCUT2D eigenvalue weighted by Gasteiger charge is 2.23. The van der Waals surface area contributed by atoms with Crippen molar-refractivity contribution in [2.75, 3.05) is 42.5 Å². The van der Waals surface area contributed by atoms with E-state index in [1.54, 1.807) is 0 Å². The Kier molecular flexibility index (Phi) is 5.32. The van der Waals surface area contributed by atoms with Gasteiger partial charge in [0, 0.05) is 69.7 Å². The van der Waals surface area contributed by atoms with Crippen LogP contribution in [0.4, 0.5) is 16.0 Å². The number of hydrogen-bond acceptors (Lipinski definition) is 5. The summed E-state index contributed by atoms with van der Waals surface area (Å²) in [5, 5.41) is 0. The van der Waals surface area contributed by atoms with Crippen LogP contribution in [0, 0.1) is 5.82 Å². The molecule has 1 fully saturated rings. The van der Waals surface area contributed by atoms with Gasteiger partial charge in [-0.3, -0.25) is 4.90 Å². The van der Waals surface area contributed by atoms with E-state index in [-0.39, 0.29) is 5.82 Å². The van der Waals surface area contributed by atoms with Crippen molar-refractivity contribution < 1.29 is 4.39 Å². The van der Waals surface area contributed by atoms with Gasteiger partial charge < -0.3 is 9.80 Å². The standard InChI is InChI=1S/C24H26FN5/c25-21-6-8-22(9-7-21)29-12-14-30(15-13-29)24-26-16-20-18-28(11-10-23(20)27-24)17-19-4-2-1-3-5-19/h1-9,16H,10-15,17-18H2. The zero-order chi connectivity index (χ0) is 20.3. The molecular formula is C24H26FN5. The third-order valence-corrected chi connectivity index (χ3v) is 6.00. The molecule has 30 heavy (non-hydrogen) atoms. The first kappa shape index (κ1) is 19.0. The lowest BCUT2D eigenvalue weighted by atomic mass is 10.1. The minimum Gasteiger partial charge on any atom is -0.368 e. The summed E-state index contributed by atoms with van der Waals surface area (Å²) in [6.45, 7) is 6.41. The second kappa shape index (κ2) is 8.40. The fourth-order valence-electron chi connectivity index (χ4n) is 4.31. The SMILES string of the molecule is Fc1ccc(N2CCN(c3ncc4c(n3)CCN(Cc3ccccc3)C4)CC2)cc1. The molecule has 0 amide bonds. The van der Waals surface area contributed by atoms with Crippen LogP contribution in [-0.2, 0) is 19.5 Å². The number of hydrogen-bond donors (Lipinski definition) is 0. The Bertz CT molecular complexity index is 984. The van der Waals surface area contributed by atoms with Crippen molar-refractivity contribution in [1.29, 1.82) is 0 Å². The highest BCUT2D eigenvalue weighted by molar-refractivity contribution is 5.48. The lowest BCUT2D eigenvalue weighted by Gasteiger charge is -2.36. The van der Waals surface area contributed by atoms with E-state index in [0.29, 0.717) is 0 Å². The Balaban J connectivity index is 1.21. The maximum Gasteiger partial charge on any atom is 0.225 e. The fraction of sp³-hybridized carbons (Fsp3) is 0.333. The number of nitrogens with zero attached hydrogens (tertiary/aromatic N) is 5. The van der Waals surface area contributed by atoms with Crippen LogP contribution in [0.25, 0.3) is 0 Å². The second-order valence-electron chi connectivity index (χ2n) is 8.04. The van der Waals surface area contributed by atoms with Crippen LogP contribution < -0.4 is 9.80 Å². The summed E-state index contributed by atoms with van der Waals surface area (Å²) >= 11 is 0. The topological polar surface area (TPSA) is 35.5 Å². The minimum absolute atomic E-state index is 0.192. The molecule has 0 atom stereocenters. The molecule has 0 bridgehead atoms. The van der Waals surface area contributed by atoms with E-state index in [1.807, 2.05) is 18.3 Å². The monoisotopic (exact) mass is 403 g/mol. The molecule has 0 spiro atoms. The summed E-state index contributed by atoms with van der Waals surface area (Å²) in [5.41, 5.74) is 4.84. The summed E-state index contributed by atoms with van der Waals surface area (Å²) in [6, 6.07) is 17.4. The quantitative estimate of drug-likeness (QED) is 0.666. The van der Waals surface area contributed by atoms with Crippen molar-refractivity contribution in [2.45, 2.75) is 19.5 Å². The number of aromatic nitrogens is 2. The predicted octanol–water partition coefficient (Wildman–Crippen LogP) is 3.50. The molecule has 5 nitrogen and oxygen atoms in total. The van der Waals surface area contributed by atoms with E-state index >= 15 is 0 Å². The van der Waals surface area contributed by atoms with Gasteiger partial charge in [0.25, 0.3) is 0 Å². The third kappa shape index (κ3) is 4.14. The Morgan fingerprint density at radius 1 is 0.833 bits per heavy atom. The molecule has 3 heterocycles.